The van der Waals surface area contributed by atoms with Crippen molar-refractivity contribution in [3.8, 4) is 5.75 Å². The first-order valence-corrected chi connectivity index (χ1v) is 7.36. The van der Waals surface area contributed by atoms with Crippen LogP contribution in [-0.4, -0.2) is 34.6 Å². The number of anilines is 1. The van der Waals surface area contributed by atoms with Crippen molar-refractivity contribution in [2.24, 2.45) is 0 Å². The fraction of sp³-hybridized carbons (Fsp3) is 0.286. The molecule has 0 fully saturated rings. The maximum absolute atomic E-state index is 12.3. The molecule has 1 unspecified atom stereocenters. The number of aliphatic hydroxyl groups is 1. The smallest absolute Gasteiger partial charge is 0.435 e. The Morgan fingerprint density at radius 2 is 1.91 bits per heavy atom. The maximum atomic E-state index is 12.3. The molecule has 0 aliphatic heterocycles. The average molecular weight is 392 g/mol. The summed E-state index contributed by atoms with van der Waals surface area (Å²) in [7, 11) is 0. The number of para-hydroxylation sites is 1. The van der Waals surface area contributed by atoms with Crippen LogP contribution in [0.1, 0.15) is 5.69 Å². The Morgan fingerprint density at radius 3 is 2.52 bits per heavy atom. The van der Waals surface area contributed by atoms with E-state index < -0.39 is 18.0 Å². The van der Waals surface area contributed by atoms with Crippen LogP contribution in [0.25, 0.3) is 0 Å². The van der Waals surface area contributed by atoms with E-state index in [0.717, 1.165) is 16.6 Å². The molecule has 0 aliphatic rings. The van der Waals surface area contributed by atoms with E-state index in [0.29, 0.717) is 5.75 Å². The van der Waals surface area contributed by atoms with Crippen LogP contribution in [0.4, 0.5) is 19.0 Å². The van der Waals surface area contributed by atoms with Gasteiger partial charge in [0.15, 0.2) is 5.69 Å². The summed E-state index contributed by atoms with van der Waals surface area (Å²) in [6.07, 6.45) is -5.40. The fourth-order valence-corrected chi connectivity index (χ4v) is 2.01. The molecule has 0 saturated heterocycles. The third kappa shape index (κ3) is 5.36. The van der Waals surface area contributed by atoms with Crippen LogP contribution in [-0.2, 0) is 6.18 Å². The summed E-state index contributed by atoms with van der Waals surface area (Å²) in [5.41, 5.74) is -1.07. The van der Waals surface area contributed by atoms with E-state index in [1.807, 2.05) is 6.07 Å². The van der Waals surface area contributed by atoms with Gasteiger partial charge in [0.05, 0.1) is 4.47 Å². The third-order valence-electron chi connectivity index (χ3n) is 2.74. The zero-order valence-electron chi connectivity index (χ0n) is 11.7. The summed E-state index contributed by atoms with van der Waals surface area (Å²) in [5, 5.41) is 19.0. The SMILES string of the molecule is OC(CNc1ccc(C(F)(F)F)nn1)COc1ccccc1Br. The highest BCUT2D eigenvalue weighted by atomic mass is 79.9. The van der Waals surface area contributed by atoms with Gasteiger partial charge in [-0.3, -0.25) is 0 Å². The van der Waals surface area contributed by atoms with Crippen molar-refractivity contribution in [2.75, 3.05) is 18.5 Å². The number of halogens is 4. The van der Waals surface area contributed by atoms with Gasteiger partial charge in [0.2, 0.25) is 0 Å². The van der Waals surface area contributed by atoms with Crippen molar-refractivity contribution in [2.45, 2.75) is 12.3 Å². The highest BCUT2D eigenvalue weighted by molar-refractivity contribution is 9.10. The Bertz CT molecular complexity index is 638. The van der Waals surface area contributed by atoms with E-state index >= 15 is 0 Å². The molecular weight excluding hydrogens is 379 g/mol. The van der Waals surface area contributed by atoms with Crippen molar-refractivity contribution < 1.29 is 23.0 Å². The predicted octanol–water partition coefficient (Wildman–Crippen LogP) is 3.11. The van der Waals surface area contributed by atoms with E-state index in [1.165, 1.54) is 0 Å². The van der Waals surface area contributed by atoms with Crippen molar-refractivity contribution in [3.05, 3.63) is 46.6 Å². The Kier molecular flexibility index (Phi) is 5.78. The maximum Gasteiger partial charge on any atom is 0.435 e. The van der Waals surface area contributed by atoms with Gasteiger partial charge in [-0.15, -0.1) is 10.2 Å². The second-order valence-electron chi connectivity index (χ2n) is 4.58. The molecule has 1 aromatic heterocycles. The molecule has 1 heterocycles. The zero-order chi connectivity index (χ0) is 16.9. The average Bonchev–Trinajstić information content (AvgIpc) is 2.51. The number of hydrogen-bond acceptors (Lipinski definition) is 5. The van der Waals surface area contributed by atoms with Gasteiger partial charge < -0.3 is 15.2 Å². The number of alkyl halides is 3. The third-order valence-corrected chi connectivity index (χ3v) is 3.40. The Labute approximate surface area is 138 Å². The molecule has 0 aliphatic carbocycles. The summed E-state index contributed by atoms with van der Waals surface area (Å²) < 4.78 is 43.2. The molecule has 0 amide bonds. The van der Waals surface area contributed by atoms with Crippen LogP contribution in [0.2, 0.25) is 0 Å². The molecule has 0 spiro atoms. The topological polar surface area (TPSA) is 67.3 Å². The van der Waals surface area contributed by atoms with Crippen LogP contribution in [0.3, 0.4) is 0 Å². The van der Waals surface area contributed by atoms with Gasteiger partial charge in [0.25, 0.3) is 0 Å². The molecule has 0 bridgehead atoms. The lowest BCUT2D eigenvalue weighted by Gasteiger charge is -2.14. The second-order valence-corrected chi connectivity index (χ2v) is 5.43. The lowest BCUT2D eigenvalue weighted by Crippen LogP contribution is -2.26. The number of nitrogens with zero attached hydrogens (tertiary/aromatic N) is 2. The normalized spacial score (nSPS) is 12.7. The number of rotatable bonds is 6. The summed E-state index contributed by atoms with van der Waals surface area (Å²) in [6.45, 7) is 0.0776. The number of nitrogens with one attached hydrogen (secondary N) is 1. The quantitative estimate of drug-likeness (QED) is 0.791. The van der Waals surface area contributed by atoms with Crippen molar-refractivity contribution in [1.29, 1.82) is 0 Å². The molecule has 0 saturated carbocycles. The van der Waals surface area contributed by atoms with Crippen molar-refractivity contribution in [3.63, 3.8) is 0 Å². The van der Waals surface area contributed by atoms with Crippen LogP contribution < -0.4 is 10.1 Å². The minimum atomic E-state index is -4.53. The van der Waals surface area contributed by atoms with E-state index in [9.17, 15) is 18.3 Å². The Balaban J connectivity index is 1.80. The second kappa shape index (κ2) is 7.60. The first kappa shape index (κ1) is 17.5. The van der Waals surface area contributed by atoms with Crippen LogP contribution in [0, 0.1) is 0 Å². The highest BCUT2D eigenvalue weighted by Gasteiger charge is 2.32. The number of aromatic nitrogens is 2. The van der Waals surface area contributed by atoms with Gasteiger partial charge in [0.1, 0.15) is 24.3 Å². The zero-order valence-corrected chi connectivity index (χ0v) is 13.3. The Hall–Kier alpha value is -1.87. The van der Waals surface area contributed by atoms with E-state index in [2.05, 4.69) is 31.4 Å². The molecular formula is C14H13BrF3N3O2. The first-order chi connectivity index (χ1) is 10.9. The lowest BCUT2D eigenvalue weighted by atomic mass is 10.3. The molecule has 9 heteroatoms. The standard InChI is InChI=1S/C14H13BrF3N3O2/c15-10-3-1-2-4-11(10)23-8-9(22)7-19-13-6-5-12(20-21-13)14(16,17)18/h1-6,9,22H,7-8H2,(H,19,21). The molecule has 1 aromatic carbocycles. The van der Waals surface area contributed by atoms with E-state index in [4.69, 9.17) is 4.74 Å². The molecule has 2 rings (SSSR count). The highest BCUT2D eigenvalue weighted by Crippen LogP contribution is 2.27. The molecule has 2 N–H and O–H groups in total. The lowest BCUT2D eigenvalue weighted by molar-refractivity contribution is -0.141. The predicted molar refractivity (Wildman–Crippen MR) is 81.2 cm³/mol. The molecule has 23 heavy (non-hydrogen) atoms. The van der Waals surface area contributed by atoms with Crippen molar-refractivity contribution >= 4 is 21.7 Å². The molecule has 124 valence electrons. The van der Waals surface area contributed by atoms with Crippen LogP contribution >= 0.6 is 15.9 Å². The number of hydrogen-bond donors (Lipinski definition) is 2. The Morgan fingerprint density at radius 1 is 1.17 bits per heavy atom. The largest absolute Gasteiger partial charge is 0.490 e. The van der Waals surface area contributed by atoms with Gasteiger partial charge in [-0.1, -0.05) is 12.1 Å². The summed E-state index contributed by atoms with van der Waals surface area (Å²) in [4.78, 5) is 0. The van der Waals surface area contributed by atoms with E-state index in [1.54, 1.807) is 18.2 Å². The summed E-state index contributed by atoms with van der Waals surface area (Å²) in [5.74, 6) is 0.721. The molecule has 5 nitrogen and oxygen atoms in total. The van der Waals surface area contributed by atoms with E-state index in [-0.39, 0.29) is 19.0 Å². The minimum Gasteiger partial charge on any atom is -0.490 e. The van der Waals surface area contributed by atoms with Crippen molar-refractivity contribution in [1.82, 2.24) is 10.2 Å². The summed E-state index contributed by atoms with van der Waals surface area (Å²) in [6, 6.07) is 9.14. The van der Waals surface area contributed by atoms with Gasteiger partial charge >= 0.3 is 6.18 Å². The van der Waals surface area contributed by atoms with Gasteiger partial charge in [0, 0.05) is 6.54 Å². The fourth-order valence-electron chi connectivity index (χ4n) is 1.61. The number of aliphatic hydroxyl groups excluding tert-OH is 1. The molecule has 2 aromatic rings. The first-order valence-electron chi connectivity index (χ1n) is 6.56. The van der Waals surface area contributed by atoms with Gasteiger partial charge in [-0.2, -0.15) is 13.2 Å². The van der Waals surface area contributed by atoms with Crippen LogP contribution in [0.15, 0.2) is 40.9 Å². The van der Waals surface area contributed by atoms with Gasteiger partial charge in [-0.05, 0) is 40.2 Å². The van der Waals surface area contributed by atoms with Gasteiger partial charge in [-0.25, -0.2) is 0 Å². The number of ether oxygens (including phenoxy) is 1. The number of benzene rings is 1. The monoisotopic (exact) mass is 391 g/mol. The molecule has 1 atom stereocenters. The molecule has 0 radical (unpaired) electrons. The minimum absolute atomic E-state index is 0.0175. The summed E-state index contributed by atoms with van der Waals surface area (Å²) >= 11 is 3.31. The van der Waals surface area contributed by atoms with Crippen LogP contribution in [0.5, 0.6) is 5.75 Å².